The third-order valence-electron chi connectivity index (χ3n) is 2.77. The van der Waals surface area contributed by atoms with Crippen LogP contribution in [0.25, 0.3) is 0 Å². The van der Waals surface area contributed by atoms with E-state index in [4.69, 9.17) is 11.6 Å². The van der Waals surface area contributed by atoms with Gasteiger partial charge in [0.25, 0.3) is 0 Å². The van der Waals surface area contributed by atoms with Crippen molar-refractivity contribution < 1.29 is 22.8 Å². The Hall–Kier alpha value is -2.54. The van der Waals surface area contributed by atoms with E-state index in [1.54, 1.807) is 30.3 Å². The predicted molar refractivity (Wildman–Crippen MR) is 80.2 cm³/mol. The minimum absolute atomic E-state index is 0.185. The number of anilines is 2. The summed E-state index contributed by atoms with van der Waals surface area (Å²) in [7, 11) is 0. The molecule has 2 amide bonds. The van der Waals surface area contributed by atoms with Crippen molar-refractivity contribution in [3.05, 3.63) is 59.1 Å². The van der Waals surface area contributed by atoms with Gasteiger partial charge in [-0.2, -0.15) is 13.2 Å². The maximum absolute atomic E-state index is 12.7. The first-order valence-corrected chi connectivity index (χ1v) is 6.69. The van der Waals surface area contributed by atoms with Gasteiger partial charge in [-0.05, 0) is 30.3 Å². The van der Waals surface area contributed by atoms with Gasteiger partial charge in [-0.1, -0.05) is 29.8 Å². The van der Waals surface area contributed by atoms with E-state index in [1.165, 1.54) is 6.07 Å². The van der Waals surface area contributed by atoms with E-state index in [0.717, 1.165) is 6.07 Å². The molecule has 0 spiro atoms. The van der Waals surface area contributed by atoms with Gasteiger partial charge < -0.3 is 10.6 Å². The molecular formula is C15H10ClF3N2O2. The first kappa shape index (κ1) is 16.8. The van der Waals surface area contributed by atoms with Crippen LogP contribution in [0, 0.1) is 0 Å². The topological polar surface area (TPSA) is 58.2 Å². The van der Waals surface area contributed by atoms with Crippen LogP contribution in [0.15, 0.2) is 48.5 Å². The molecule has 23 heavy (non-hydrogen) atoms. The lowest BCUT2D eigenvalue weighted by atomic mass is 10.2. The first-order chi connectivity index (χ1) is 10.8. The van der Waals surface area contributed by atoms with E-state index in [1.807, 2.05) is 0 Å². The molecule has 0 aliphatic carbocycles. The highest BCUT2D eigenvalue weighted by molar-refractivity contribution is 6.43. The van der Waals surface area contributed by atoms with Gasteiger partial charge in [-0.25, -0.2) is 0 Å². The molecule has 0 saturated heterocycles. The van der Waals surface area contributed by atoms with Crippen molar-refractivity contribution in [1.82, 2.24) is 0 Å². The van der Waals surface area contributed by atoms with Crippen LogP contribution in [-0.4, -0.2) is 11.8 Å². The second-order valence-corrected chi connectivity index (χ2v) is 4.87. The number of halogens is 4. The van der Waals surface area contributed by atoms with Crippen LogP contribution in [0.3, 0.4) is 0 Å². The molecule has 120 valence electrons. The Kier molecular flexibility index (Phi) is 4.90. The highest BCUT2D eigenvalue weighted by Gasteiger charge is 2.33. The van der Waals surface area contributed by atoms with Crippen molar-refractivity contribution in [2.75, 3.05) is 10.6 Å². The van der Waals surface area contributed by atoms with Crippen LogP contribution >= 0.6 is 11.6 Å². The number of nitrogens with one attached hydrogen (secondary N) is 2. The Bertz CT molecular complexity index is 733. The molecule has 0 aromatic heterocycles. The van der Waals surface area contributed by atoms with Crippen molar-refractivity contribution in [2.24, 2.45) is 0 Å². The van der Waals surface area contributed by atoms with Gasteiger partial charge in [0.05, 0.1) is 10.6 Å². The summed E-state index contributed by atoms with van der Waals surface area (Å²) in [5.74, 6) is -2.09. The molecule has 2 aromatic rings. The Morgan fingerprint density at radius 2 is 1.43 bits per heavy atom. The summed E-state index contributed by atoms with van der Waals surface area (Å²) in [5.41, 5.74) is -0.893. The van der Waals surface area contributed by atoms with Crippen LogP contribution in [0.1, 0.15) is 5.56 Å². The highest BCUT2D eigenvalue weighted by atomic mass is 35.5. The number of hydrogen-bond donors (Lipinski definition) is 2. The normalized spacial score (nSPS) is 11.0. The minimum atomic E-state index is -4.66. The molecule has 0 unspecified atom stereocenters. The third-order valence-corrected chi connectivity index (χ3v) is 3.10. The van der Waals surface area contributed by atoms with Gasteiger partial charge in [-0.3, -0.25) is 9.59 Å². The van der Waals surface area contributed by atoms with Crippen molar-refractivity contribution in [1.29, 1.82) is 0 Å². The Labute approximate surface area is 134 Å². The van der Waals surface area contributed by atoms with Crippen molar-refractivity contribution in [3.8, 4) is 0 Å². The summed E-state index contributed by atoms with van der Waals surface area (Å²) < 4.78 is 38.2. The average Bonchev–Trinajstić information content (AvgIpc) is 2.49. The molecule has 2 N–H and O–H groups in total. The van der Waals surface area contributed by atoms with Gasteiger partial charge >= 0.3 is 18.0 Å². The minimum Gasteiger partial charge on any atom is -0.318 e. The standard InChI is InChI=1S/C15H10ClF3N2O2/c16-12-7-6-10(8-11(12)15(17,18)19)21-14(23)13(22)20-9-4-2-1-3-5-9/h1-8H,(H,20,22)(H,21,23). The SMILES string of the molecule is O=C(Nc1ccccc1)C(=O)Nc1ccc(Cl)c(C(F)(F)F)c1. The number of alkyl halides is 3. The smallest absolute Gasteiger partial charge is 0.318 e. The van der Waals surface area contributed by atoms with E-state index < -0.39 is 28.6 Å². The molecule has 2 rings (SSSR count). The maximum atomic E-state index is 12.7. The Balaban J connectivity index is 2.10. The fraction of sp³-hybridized carbons (Fsp3) is 0.0667. The first-order valence-electron chi connectivity index (χ1n) is 6.31. The molecular weight excluding hydrogens is 333 g/mol. The van der Waals surface area contributed by atoms with Crippen LogP contribution in [0.4, 0.5) is 24.5 Å². The number of rotatable bonds is 2. The molecule has 4 nitrogen and oxygen atoms in total. The molecule has 0 fully saturated rings. The number of amides is 2. The molecule has 0 aliphatic heterocycles. The summed E-state index contributed by atoms with van der Waals surface area (Å²) in [6, 6.07) is 11.0. The monoisotopic (exact) mass is 342 g/mol. The molecule has 0 radical (unpaired) electrons. The zero-order valence-corrected chi connectivity index (χ0v) is 12.2. The van der Waals surface area contributed by atoms with Gasteiger partial charge in [0.2, 0.25) is 0 Å². The number of carbonyl (C=O) groups is 2. The molecule has 0 bridgehead atoms. The number of carbonyl (C=O) groups excluding carboxylic acids is 2. The quantitative estimate of drug-likeness (QED) is 0.812. The fourth-order valence-corrected chi connectivity index (χ4v) is 1.94. The zero-order chi connectivity index (χ0) is 17.0. The van der Waals surface area contributed by atoms with E-state index >= 15 is 0 Å². The molecule has 8 heteroatoms. The Morgan fingerprint density at radius 1 is 0.870 bits per heavy atom. The number of hydrogen-bond acceptors (Lipinski definition) is 2. The zero-order valence-electron chi connectivity index (χ0n) is 11.4. The number of para-hydroxylation sites is 1. The van der Waals surface area contributed by atoms with Crippen LogP contribution in [0.2, 0.25) is 5.02 Å². The van der Waals surface area contributed by atoms with Crippen LogP contribution < -0.4 is 10.6 Å². The van der Waals surface area contributed by atoms with Crippen molar-refractivity contribution >= 4 is 34.8 Å². The van der Waals surface area contributed by atoms with E-state index in [-0.39, 0.29) is 5.69 Å². The second-order valence-electron chi connectivity index (χ2n) is 4.47. The highest BCUT2D eigenvalue weighted by Crippen LogP contribution is 2.36. The van der Waals surface area contributed by atoms with Crippen LogP contribution in [0.5, 0.6) is 0 Å². The van der Waals surface area contributed by atoms with Gasteiger partial charge in [0, 0.05) is 11.4 Å². The lowest BCUT2D eigenvalue weighted by Gasteiger charge is -2.11. The van der Waals surface area contributed by atoms with Gasteiger partial charge in [0.1, 0.15) is 0 Å². The average molecular weight is 343 g/mol. The van der Waals surface area contributed by atoms with E-state index in [0.29, 0.717) is 11.8 Å². The summed E-state index contributed by atoms with van der Waals surface area (Å²) in [6.07, 6.45) is -4.66. The summed E-state index contributed by atoms with van der Waals surface area (Å²) in [5, 5.41) is 3.91. The maximum Gasteiger partial charge on any atom is 0.417 e. The lowest BCUT2D eigenvalue weighted by molar-refractivity contribution is -0.137. The fourth-order valence-electron chi connectivity index (χ4n) is 1.72. The van der Waals surface area contributed by atoms with Gasteiger partial charge in [-0.15, -0.1) is 0 Å². The van der Waals surface area contributed by atoms with Crippen molar-refractivity contribution in [3.63, 3.8) is 0 Å². The molecule has 0 saturated carbocycles. The predicted octanol–water partition coefficient (Wildman–Crippen LogP) is 3.94. The second kappa shape index (κ2) is 6.70. The third kappa shape index (κ3) is 4.46. The summed E-state index contributed by atoms with van der Waals surface area (Å²) in [6.45, 7) is 0. The lowest BCUT2D eigenvalue weighted by Crippen LogP contribution is -2.29. The molecule has 0 heterocycles. The largest absolute Gasteiger partial charge is 0.417 e. The molecule has 2 aromatic carbocycles. The van der Waals surface area contributed by atoms with Crippen LogP contribution in [-0.2, 0) is 15.8 Å². The van der Waals surface area contributed by atoms with E-state index in [2.05, 4.69) is 10.6 Å². The Morgan fingerprint density at radius 3 is 2.00 bits per heavy atom. The summed E-state index contributed by atoms with van der Waals surface area (Å²) in [4.78, 5) is 23.4. The molecule has 0 atom stereocenters. The molecule has 0 aliphatic rings. The summed E-state index contributed by atoms with van der Waals surface area (Å²) >= 11 is 5.48. The van der Waals surface area contributed by atoms with E-state index in [9.17, 15) is 22.8 Å². The van der Waals surface area contributed by atoms with Crippen molar-refractivity contribution in [2.45, 2.75) is 6.18 Å². The van der Waals surface area contributed by atoms with Gasteiger partial charge in [0.15, 0.2) is 0 Å². The number of benzene rings is 2.